The molecule has 3 aromatic rings. The van der Waals surface area contributed by atoms with E-state index in [0.29, 0.717) is 0 Å². The van der Waals surface area contributed by atoms with Gasteiger partial charge >= 0.3 is 0 Å². The first kappa shape index (κ1) is 17.0. The summed E-state index contributed by atoms with van der Waals surface area (Å²) < 4.78 is 0. The van der Waals surface area contributed by atoms with Crippen LogP contribution < -0.4 is 0 Å². The predicted octanol–water partition coefficient (Wildman–Crippen LogP) is 5.11. The van der Waals surface area contributed by atoms with E-state index >= 15 is 0 Å². The molecular formula is C24H23N. The van der Waals surface area contributed by atoms with Crippen LogP contribution in [-0.2, 0) is 13.0 Å². The van der Waals surface area contributed by atoms with Gasteiger partial charge in [-0.2, -0.15) is 0 Å². The van der Waals surface area contributed by atoms with Crippen molar-refractivity contribution in [1.29, 1.82) is 0 Å². The third kappa shape index (κ3) is 5.08. The molecule has 1 heteroatoms. The molecule has 0 spiro atoms. The highest BCUT2D eigenvalue weighted by Gasteiger charge is 2.14. The summed E-state index contributed by atoms with van der Waals surface area (Å²) in [5, 5.41) is 0. The van der Waals surface area contributed by atoms with Crippen molar-refractivity contribution in [3.05, 3.63) is 108 Å². The normalized spacial score (nSPS) is 11.6. The van der Waals surface area contributed by atoms with Crippen LogP contribution in [0.1, 0.15) is 22.7 Å². The Kier molecular flexibility index (Phi) is 6.04. The largest absolute Gasteiger partial charge is 0.285 e. The standard InChI is InChI=1S/C24H23N/c1-25(20-22-14-7-3-8-15-22)24(23-17-9-4-10-18-23)19-11-16-21-12-5-2-6-13-21/h2-10,12-15,17-18,24H,16,20H2,1H3. The third-order valence-electron chi connectivity index (χ3n) is 4.21. The maximum absolute atomic E-state index is 3.48. The maximum atomic E-state index is 3.48. The molecule has 0 aliphatic carbocycles. The quantitative estimate of drug-likeness (QED) is 0.590. The second kappa shape index (κ2) is 8.87. The van der Waals surface area contributed by atoms with Gasteiger partial charge in [-0.15, -0.1) is 0 Å². The van der Waals surface area contributed by atoms with Gasteiger partial charge in [-0.25, -0.2) is 0 Å². The molecule has 0 aliphatic heterocycles. The highest BCUT2D eigenvalue weighted by atomic mass is 15.1. The van der Waals surface area contributed by atoms with E-state index in [9.17, 15) is 0 Å². The fourth-order valence-electron chi connectivity index (χ4n) is 2.89. The summed E-state index contributed by atoms with van der Waals surface area (Å²) in [7, 11) is 2.14. The Morgan fingerprint density at radius 1 is 0.720 bits per heavy atom. The summed E-state index contributed by atoms with van der Waals surface area (Å²) in [4.78, 5) is 2.31. The van der Waals surface area contributed by atoms with Crippen molar-refractivity contribution < 1.29 is 0 Å². The highest BCUT2D eigenvalue weighted by Crippen LogP contribution is 2.20. The van der Waals surface area contributed by atoms with E-state index in [-0.39, 0.29) is 6.04 Å². The maximum Gasteiger partial charge on any atom is 0.0971 e. The summed E-state index contributed by atoms with van der Waals surface area (Å²) in [6.45, 7) is 0.875. The van der Waals surface area contributed by atoms with Crippen molar-refractivity contribution in [2.75, 3.05) is 7.05 Å². The van der Waals surface area contributed by atoms with E-state index in [0.717, 1.165) is 13.0 Å². The van der Waals surface area contributed by atoms with Gasteiger partial charge in [-0.05, 0) is 23.7 Å². The SMILES string of the molecule is CN(Cc1ccccc1)C(C#CCc1ccccc1)c1ccccc1. The Bertz CT molecular complexity index is 813. The smallest absolute Gasteiger partial charge is 0.0971 e. The molecule has 0 bridgehead atoms. The zero-order chi connectivity index (χ0) is 17.3. The van der Waals surface area contributed by atoms with Crippen LogP contribution in [0.2, 0.25) is 0 Å². The minimum Gasteiger partial charge on any atom is -0.285 e. The van der Waals surface area contributed by atoms with Crippen molar-refractivity contribution in [2.45, 2.75) is 19.0 Å². The van der Waals surface area contributed by atoms with Crippen molar-refractivity contribution in [3.63, 3.8) is 0 Å². The molecule has 0 saturated carbocycles. The van der Waals surface area contributed by atoms with Gasteiger partial charge in [-0.3, -0.25) is 4.90 Å². The Labute approximate surface area is 150 Å². The fourth-order valence-corrected chi connectivity index (χ4v) is 2.89. The van der Waals surface area contributed by atoms with Gasteiger partial charge in [-0.1, -0.05) is 103 Å². The average Bonchev–Trinajstić information content (AvgIpc) is 2.67. The van der Waals surface area contributed by atoms with Crippen molar-refractivity contribution in [1.82, 2.24) is 4.90 Å². The van der Waals surface area contributed by atoms with E-state index in [4.69, 9.17) is 0 Å². The third-order valence-corrected chi connectivity index (χ3v) is 4.21. The minimum atomic E-state index is 0.0881. The molecule has 0 radical (unpaired) electrons. The number of rotatable bonds is 5. The number of hydrogen-bond acceptors (Lipinski definition) is 1. The molecule has 0 aromatic heterocycles. The lowest BCUT2D eigenvalue weighted by molar-refractivity contribution is 0.285. The topological polar surface area (TPSA) is 3.24 Å². The predicted molar refractivity (Wildman–Crippen MR) is 105 cm³/mol. The van der Waals surface area contributed by atoms with E-state index in [1.165, 1.54) is 16.7 Å². The van der Waals surface area contributed by atoms with Crippen LogP contribution in [0.15, 0.2) is 91.0 Å². The second-order valence-electron chi connectivity index (χ2n) is 6.20. The van der Waals surface area contributed by atoms with E-state index < -0.39 is 0 Å². The zero-order valence-electron chi connectivity index (χ0n) is 14.6. The molecule has 124 valence electrons. The molecular weight excluding hydrogens is 302 g/mol. The first-order valence-corrected chi connectivity index (χ1v) is 8.64. The lowest BCUT2D eigenvalue weighted by atomic mass is 10.0. The lowest BCUT2D eigenvalue weighted by Gasteiger charge is -2.24. The van der Waals surface area contributed by atoms with Crippen molar-refractivity contribution >= 4 is 0 Å². The highest BCUT2D eigenvalue weighted by molar-refractivity contribution is 5.29. The first-order valence-electron chi connectivity index (χ1n) is 8.64. The van der Waals surface area contributed by atoms with E-state index in [1.54, 1.807) is 0 Å². The molecule has 3 rings (SSSR count). The van der Waals surface area contributed by atoms with Crippen LogP contribution in [0, 0.1) is 11.8 Å². The molecule has 0 amide bonds. The summed E-state index contributed by atoms with van der Waals surface area (Å²) in [5.74, 6) is 6.86. The molecule has 1 nitrogen and oxygen atoms in total. The molecule has 0 N–H and O–H groups in total. The van der Waals surface area contributed by atoms with Gasteiger partial charge in [0, 0.05) is 13.0 Å². The van der Waals surface area contributed by atoms with Gasteiger partial charge in [0.25, 0.3) is 0 Å². The van der Waals surface area contributed by atoms with Crippen molar-refractivity contribution in [2.24, 2.45) is 0 Å². The molecule has 0 saturated heterocycles. The van der Waals surface area contributed by atoms with Crippen LogP contribution in [0.25, 0.3) is 0 Å². The molecule has 3 aromatic carbocycles. The van der Waals surface area contributed by atoms with Gasteiger partial charge in [0.2, 0.25) is 0 Å². The minimum absolute atomic E-state index is 0.0881. The van der Waals surface area contributed by atoms with Crippen molar-refractivity contribution in [3.8, 4) is 11.8 Å². The molecule has 25 heavy (non-hydrogen) atoms. The Balaban J connectivity index is 1.78. The first-order chi connectivity index (χ1) is 12.3. The van der Waals surface area contributed by atoms with Gasteiger partial charge < -0.3 is 0 Å². The lowest BCUT2D eigenvalue weighted by Crippen LogP contribution is -2.23. The van der Waals surface area contributed by atoms with Crippen LogP contribution in [-0.4, -0.2) is 11.9 Å². The molecule has 1 atom stereocenters. The Morgan fingerprint density at radius 2 is 1.24 bits per heavy atom. The van der Waals surface area contributed by atoms with Crippen LogP contribution in [0.4, 0.5) is 0 Å². The van der Waals surface area contributed by atoms with Gasteiger partial charge in [0.1, 0.15) is 0 Å². The average molecular weight is 325 g/mol. The van der Waals surface area contributed by atoms with Crippen LogP contribution >= 0.6 is 0 Å². The fraction of sp³-hybridized carbons (Fsp3) is 0.167. The summed E-state index contributed by atoms with van der Waals surface area (Å²) >= 11 is 0. The molecule has 0 fully saturated rings. The second-order valence-corrected chi connectivity index (χ2v) is 6.20. The summed E-state index contributed by atoms with van der Waals surface area (Å²) in [6, 6.07) is 31.6. The van der Waals surface area contributed by atoms with Gasteiger partial charge in [0.15, 0.2) is 0 Å². The molecule has 1 unspecified atom stereocenters. The number of hydrogen-bond donors (Lipinski definition) is 0. The van der Waals surface area contributed by atoms with E-state index in [1.807, 2.05) is 6.07 Å². The van der Waals surface area contributed by atoms with E-state index in [2.05, 4.69) is 109 Å². The molecule has 0 aliphatic rings. The molecule has 0 heterocycles. The number of nitrogens with zero attached hydrogens (tertiary/aromatic N) is 1. The monoisotopic (exact) mass is 325 g/mol. The van der Waals surface area contributed by atoms with Crippen LogP contribution in [0.3, 0.4) is 0 Å². The summed E-state index contributed by atoms with van der Waals surface area (Å²) in [6.07, 6.45) is 0.781. The Morgan fingerprint density at radius 3 is 1.84 bits per heavy atom. The summed E-state index contributed by atoms with van der Waals surface area (Å²) in [5.41, 5.74) is 3.80. The zero-order valence-corrected chi connectivity index (χ0v) is 14.6. The van der Waals surface area contributed by atoms with Gasteiger partial charge in [0.05, 0.1) is 6.04 Å². The van der Waals surface area contributed by atoms with Crippen LogP contribution in [0.5, 0.6) is 0 Å². The number of benzene rings is 3. The Hall–Kier alpha value is -2.82.